The smallest absolute Gasteiger partial charge is 0.216 e. The van der Waals surface area contributed by atoms with Crippen LogP contribution in [-0.2, 0) is 0 Å². The van der Waals surface area contributed by atoms with Gasteiger partial charge in [-0.1, -0.05) is 6.42 Å². The summed E-state index contributed by atoms with van der Waals surface area (Å²) in [6, 6.07) is 1.93. The van der Waals surface area contributed by atoms with Crippen LogP contribution in [0.2, 0.25) is 0 Å². The molecule has 0 bridgehead atoms. The zero-order valence-corrected chi connectivity index (χ0v) is 7.16. The van der Waals surface area contributed by atoms with Crippen molar-refractivity contribution in [3.8, 4) is 5.88 Å². The summed E-state index contributed by atoms with van der Waals surface area (Å²) < 4.78 is 5.02. The first-order valence-electron chi connectivity index (χ1n) is 4.26. The van der Waals surface area contributed by atoms with Gasteiger partial charge in [0, 0.05) is 12.0 Å². The van der Waals surface area contributed by atoms with Crippen LogP contribution in [0.5, 0.6) is 5.88 Å². The second kappa shape index (κ2) is 3.09. The van der Waals surface area contributed by atoms with Crippen molar-refractivity contribution in [2.24, 2.45) is 0 Å². The molecule has 0 atom stereocenters. The van der Waals surface area contributed by atoms with Gasteiger partial charge in [-0.2, -0.15) is 0 Å². The van der Waals surface area contributed by atoms with E-state index in [1.165, 1.54) is 19.3 Å². The van der Waals surface area contributed by atoms with Gasteiger partial charge in [-0.3, -0.25) is 0 Å². The Morgan fingerprint density at radius 3 is 2.83 bits per heavy atom. The minimum Gasteiger partial charge on any atom is -0.481 e. The van der Waals surface area contributed by atoms with Crippen LogP contribution >= 0.6 is 0 Å². The van der Waals surface area contributed by atoms with Crippen molar-refractivity contribution in [3.63, 3.8) is 0 Å². The van der Waals surface area contributed by atoms with E-state index in [9.17, 15) is 0 Å². The van der Waals surface area contributed by atoms with E-state index in [4.69, 9.17) is 4.74 Å². The number of nitrogens with zero attached hydrogens (tertiary/aromatic N) is 2. The number of rotatable bonds is 2. The normalized spacial score (nSPS) is 17.1. The van der Waals surface area contributed by atoms with E-state index >= 15 is 0 Å². The third kappa shape index (κ3) is 1.26. The zero-order chi connectivity index (χ0) is 8.39. The van der Waals surface area contributed by atoms with Crippen LogP contribution in [0.3, 0.4) is 0 Å². The molecule has 0 N–H and O–H groups in total. The minimum absolute atomic E-state index is 0.655. The van der Waals surface area contributed by atoms with Crippen LogP contribution in [0.1, 0.15) is 30.9 Å². The highest BCUT2D eigenvalue weighted by Crippen LogP contribution is 2.35. The lowest BCUT2D eigenvalue weighted by Gasteiger charge is -2.24. The van der Waals surface area contributed by atoms with Crippen LogP contribution in [0.15, 0.2) is 12.4 Å². The van der Waals surface area contributed by atoms with Gasteiger partial charge < -0.3 is 4.74 Å². The van der Waals surface area contributed by atoms with E-state index < -0.39 is 0 Å². The third-order valence-electron chi connectivity index (χ3n) is 2.40. The summed E-state index contributed by atoms with van der Waals surface area (Å²) in [5.41, 5.74) is 1.13. The predicted octanol–water partition coefficient (Wildman–Crippen LogP) is 1.75. The Kier molecular flexibility index (Phi) is 1.94. The molecule has 3 heteroatoms. The molecule has 1 heterocycles. The molecule has 1 saturated carbocycles. The Labute approximate surface area is 71.8 Å². The first-order valence-corrected chi connectivity index (χ1v) is 4.26. The third-order valence-corrected chi connectivity index (χ3v) is 2.40. The van der Waals surface area contributed by atoms with Crippen LogP contribution in [0, 0.1) is 0 Å². The van der Waals surface area contributed by atoms with Crippen molar-refractivity contribution in [1.29, 1.82) is 0 Å². The molecule has 64 valence electrons. The van der Waals surface area contributed by atoms with Crippen molar-refractivity contribution in [1.82, 2.24) is 9.97 Å². The molecule has 0 spiro atoms. The Morgan fingerprint density at radius 2 is 2.25 bits per heavy atom. The van der Waals surface area contributed by atoms with Crippen molar-refractivity contribution >= 4 is 0 Å². The molecule has 0 aromatic carbocycles. The van der Waals surface area contributed by atoms with Gasteiger partial charge in [0.25, 0.3) is 0 Å². The highest BCUT2D eigenvalue weighted by Gasteiger charge is 2.21. The Bertz CT molecular complexity index is 271. The second-order valence-corrected chi connectivity index (χ2v) is 3.11. The second-order valence-electron chi connectivity index (χ2n) is 3.11. The molecule has 1 fully saturated rings. The van der Waals surface area contributed by atoms with E-state index in [-0.39, 0.29) is 0 Å². The molecule has 1 aromatic rings. The van der Waals surface area contributed by atoms with Crippen molar-refractivity contribution < 1.29 is 4.74 Å². The molecule has 1 aromatic heterocycles. The number of aromatic nitrogens is 2. The van der Waals surface area contributed by atoms with Gasteiger partial charge in [-0.15, -0.1) is 0 Å². The summed E-state index contributed by atoms with van der Waals surface area (Å²) in [5, 5.41) is 0. The highest BCUT2D eigenvalue weighted by atomic mass is 16.5. The van der Waals surface area contributed by atoms with Gasteiger partial charge >= 0.3 is 0 Å². The van der Waals surface area contributed by atoms with Gasteiger partial charge in [-0.05, 0) is 12.8 Å². The van der Waals surface area contributed by atoms with Crippen LogP contribution in [0.4, 0.5) is 0 Å². The maximum absolute atomic E-state index is 5.02. The number of ether oxygens (including phenoxy) is 1. The molecule has 1 aliphatic rings. The minimum atomic E-state index is 0.655. The SMILES string of the molecule is COc1cc(C2CCC2)ncn1. The van der Waals surface area contributed by atoms with Crippen molar-refractivity contribution in [3.05, 3.63) is 18.1 Å². The monoisotopic (exact) mass is 164 g/mol. The largest absolute Gasteiger partial charge is 0.481 e. The number of hydrogen-bond donors (Lipinski definition) is 0. The fraction of sp³-hybridized carbons (Fsp3) is 0.556. The Hall–Kier alpha value is -1.12. The summed E-state index contributed by atoms with van der Waals surface area (Å²) in [4.78, 5) is 8.18. The molecule has 0 saturated heterocycles. The first kappa shape index (κ1) is 7.53. The average molecular weight is 164 g/mol. The summed E-state index contributed by atoms with van der Waals surface area (Å²) in [5.74, 6) is 1.33. The first-order chi connectivity index (χ1) is 5.90. The van der Waals surface area contributed by atoms with E-state index in [2.05, 4.69) is 9.97 Å². The topological polar surface area (TPSA) is 35.0 Å². The molecule has 3 nitrogen and oxygen atoms in total. The lowest BCUT2D eigenvalue weighted by Crippen LogP contribution is -2.10. The molecular weight excluding hydrogens is 152 g/mol. The lowest BCUT2D eigenvalue weighted by molar-refractivity contribution is 0.383. The molecule has 12 heavy (non-hydrogen) atoms. The molecule has 0 aliphatic heterocycles. The maximum atomic E-state index is 5.02. The van der Waals surface area contributed by atoms with E-state index in [1.807, 2.05) is 6.07 Å². The fourth-order valence-electron chi connectivity index (χ4n) is 1.39. The lowest BCUT2D eigenvalue weighted by atomic mass is 9.83. The van der Waals surface area contributed by atoms with Crippen LogP contribution < -0.4 is 4.74 Å². The maximum Gasteiger partial charge on any atom is 0.216 e. The fourth-order valence-corrected chi connectivity index (χ4v) is 1.39. The molecule has 0 radical (unpaired) electrons. The Balaban J connectivity index is 2.19. The van der Waals surface area contributed by atoms with Crippen molar-refractivity contribution in [2.45, 2.75) is 25.2 Å². The molecule has 1 aliphatic carbocycles. The summed E-state index contributed by atoms with van der Waals surface area (Å²) in [7, 11) is 1.63. The van der Waals surface area contributed by atoms with Gasteiger partial charge in [0.1, 0.15) is 6.33 Å². The number of hydrogen-bond acceptors (Lipinski definition) is 3. The van der Waals surface area contributed by atoms with Gasteiger partial charge in [0.15, 0.2) is 0 Å². The highest BCUT2D eigenvalue weighted by molar-refractivity contribution is 5.18. The van der Waals surface area contributed by atoms with Crippen LogP contribution in [-0.4, -0.2) is 17.1 Å². The Morgan fingerprint density at radius 1 is 1.42 bits per heavy atom. The molecule has 2 rings (SSSR count). The zero-order valence-electron chi connectivity index (χ0n) is 7.16. The van der Waals surface area contributed by atoms with E-state index in [0.29, 0.717) is 11.8 Å². The summed E-state index contributed by atoms with van der Waals surface area (Å²) in [6.07, 6.45) is 5.43. The molecule has 0 unspecified atom stereocenters. The summed E-state index contributed by atoms with van der Waals surface area (Å²) in [6.45, 7) is 0. The predicted molar refractivity (Wildman–Crippen MR) is 45.2 cm³/mol. The van der Waals surface area contributed by atoms with Gasteiger partial charge in [0.2, 0.25) is 5.88 Å². The summed E-state index contributed by atoms with van der Waals surface area (Å²) >= 11 is 0. The van der Waals surface area contributed by atoms with Gasteiger partial charge in [0.05, 0.1) is 12.8 Å². The van der Waals surface area contributed by atoms with Gasteiger partial charge in [-0.25, -0.2) is 9.97 Å². The molecule has 0 amide bonds. The average Bonchev–Trinajstić information content (AvgIpc) is 2.02. The van der Waals surface area contributed by atoms with Crippen molar-refractivity contribution in [2.75, 3.05) is 7.11 Å². The van der Waals surface area contributed by atoms with E-state index in [0.717, 1.165) is 5.69 Å². The standard InChI is InChI=1S/C9H12N2O/c1-12-9-5-8(10-6-11-9)7-3-2-4-7/h5-7H,2-4H2,1H3. The molecular formula is C9H12N2O. The number of methoxy groups -OCH3 is 1. The van der Waals surface area contributed by atoms with E-state index in [1.54, 1.807) is 13.4 Å². The quantitative estimate of drug-likeness (QED) is 0.668. The van der Waals surface area contributed by atoms with Crippen LogP contribution in [0.25, 0.3) is 0 Å².